The lowest BCUT2D eigenvalue weighted by Crippen LogP contribution is -2.44. The van der Waals surface area contributed by atoms with E-state index in [1.807, 2.05) is 0 Å². The van der Waals surface area contributed by atoms with E-state index in [1.165, 1.54) is 0 Å². The standard InChI is InChI=1S/C9H15NO5/c1-6(2)8(9(13)14)10-7(12)3-4-15-5-11/h5-6,8H,3-4H2,1-2H3,(H,10,12)(H,13,14). The molecular weight excluding hydrogens is 202 g/mol. The Morgan fingerprint density at radius 3 is 2.47 bits per heavy atom. The van der Waals surface area contributed by atoms with Crippen molar-refractivity contribution in [1.82, 2.24) is 5.32 Å². The summed E-state index contributed by atoms with van der Waals surface area (Å²) in [6, 6.07) is -0.909. The fourth-order valence-electron chi connectivity index (χ4n) is 0.959. The van der Waals surface area contributed by atoms with E-state index in [9.17, 15) is 14.4 Å². The molecule has 15 heavy (non-hydrogen) atoms. The fourth-order valence-corrected chi connectivity index (χ4v) is 0.959. The van der Waals surface area contributed by atoms with Gasteiger partial charge in [0.2, 0.25) is 5.91 Å². The fraction of sp³-hybridized carbons (Fsp3) is 0.667. The molecule has 1 amide bonds. The molecule has 86 valence electrons. The second-order valence-electron chi connectivity index (χ2n) is 3.34. The third-order valence-corrected chi connectivity index (χ3v) is 1.76. The number of ether oxygens (including phenoxy) is 1. The average Bonchev–Trinajstić information content (AvgIpc) is 2.13. The molecule has 2 N–H and O–H groups in total. The van der Waals surface area contributed by atoms with Crippen molar-refractivity contribution in [2.45, 2.75) is 26.3 Å². The van der Waals surface area contributed by atoms with Crippen molar-refractivity contribution in [2.24, 2.45) is 5.92 Å². The van der Waals surface area contributed by atoms with Gasteiger partial charge >= 0.3 is 5.97 Å². The van der Waals surface area contributed by atoms with Crippen LogP contribution in [0, 0.1) is 5.92 Å². The van der Waals surface area contributed by atoms with Crippen LogP contribution in [0.1, 0.15) is 20.3 Å². The van der Waals surface area contributed by atoms with Crippen molar-refractivity contribution in [1.29, 1.82) is 0 Å². The summed E-state index contributed by atoms with van der Waals surface area (Å²) < 4.78 is 4.32. The maximum atomic E-state index is 11.2. The summed E-state index contributed by atoms with van der Waals surface area (Å²) >= 11 is 0. The zero-order chi connectivity index (χ0) is 11.8. The van der Waals surface area contributed by atoms with E-state index in [-0.39, 0.29) is 25.4 Å². The molecule has 0 heterocycles. The Morgan fingerprint density at radius 1 is 1.47 bits per heavy atom. The molecule has 0 aliphatic rings. The minimum atomic E-state index is -1.07. The highest BCUT2D eigenvalue weighted by Gasteiger charge is 2.22. The predicted octanol–water partition coefficient (Wildman–Crippen LogP) is -0.225. The molecule has 0 saturated heterocycles. The van der Waals surface area contributed by atoms with Gasteiger partial charge in [-0.1, -0.05) is 13.8 Å². The van der Waals surface area contributed by atoms with Gasteiger partial charge in [-0.15, -0.1) is 0 Å². The van der Waals surface area contributed by atoms with E-state index < -0.39 is 17.9 Å². The van der Waals surface area contributed by atoms with Gasteiger partial charge in [0.1, 0.15) is 6.04 Å². The van der Waals surface area contributed by atoms with Crippen LogP contribution in [0.25, 0.3) is 0 Å². The smallest absolute Gasteiger partial charge is 0.326 e. The number of rotatable bonds is 7. The number of carboxylic acids is 1. The van der Waals surface area contributed by atoms with Crippen molar-refractivity contribution in [2.75, 3.05) is 6.61 Å². The first-order chi connectivity index (χ1) is 6.99. The number of hydrogen-bond donors (Lipinski definition) is 2. The maximum Gasteiger partial charge on any atom is 0.326 e. The Morgan fingerprint density at radius 2 is 2.07 bits per heavy atom. The normalized spacial score (nSPS) is 11.9. The van der Waals surface area contributed by atoms with Crippen LogP contribution in [0.5, 0.6) is 0 Å². The number of carboxylic acid groups (broad SMARTS) is 1. The highest BCUT2D eigenvalue weighted by molar-refractivity contribution is 5.83. The summed E-state index contributed by atoms with van der Waals surface area (Å²) in [6.45, 7) is 3.59. The third-order valence-electron chi connectivity index (χ3n) is 1.76. The van der Waals surface area contributed by atoms with Crippen molar-refractivity contribution < 1.29 is 24.2 Å². The van der Waals surface area contributed by atoms with Crippen LogP contribution < -0.4 is 5.32 Å². The highest BCUT2D eigenvalue weighted by Crippen LogP contribution is 2.01. The summed E-state index contributed by atoms with van der Waals surface area (Å²) in [5.41, 5.74) is 0. The van der Waals surface area contributed by atoms with Crippen LogP contribution in [0.4, 0.5) is 0 Å². The predicted molar refractivity (Wildman–Crippen MR) is 51.0 cm³/mol. The molecule has 6 nitrogen and oxygen atoms in total. The molecule has 1 atom stereocenters. The molecule has 0 fully saturated rings. The molecule has 0 radical (unpaired) electrons. The Hall–Kier alpha value is -1.59. The molecule has 0 aromatic heterocycles. The quantitative estimate of drug-likeness (QED) is 0.454. The lowest BCUT2D eigenvalue weighted by Gasteiger charge is -2.17. The SMILES string of the molecule is CC(C)C(NC(=O)CCOC=O)C(=O)O. The van der Waals surface area contributed by atoms with E-state index >= 15 is 0 Å². The van der Waals surface area contributed by atoms with Gasteiger partial charge in [0.25, 0.3) is 6.47 Å². The van der Waals surface area contributed by atoms with Crippen molar-refractivity contribution in [3.05, 3.63) is 0 Å². The first-order valence-corrected chi connectivity index (χ1v) is 4.56. The van der Waals surface area contributed by atoms with Crippen molar-refractivity contribution in [3.8, 4) is 0 Å². The van der Waals surface area contributed by atoms with Crippen LogP contribution in [-0.4, -0.2) is 36.1 Å². The summed E-state index contributed by atoms with van der Waals surface area (Å²) in [7, 11) is 0. The van der Waals surface area contributed by atoms with Crippen molar-refractivity contribution >= 4 is 18.3 Å². The molecule has 1 unspecified atom stereocenters. The lowest BCUT2D eigenvalue weighted by molar-refractivity contribution is -0.143. The van der Waals surface area contributed by atoms with Crippen LogP contribution in [-0.2, 0) is 19.1 Å². The molecular formula is C9H15NO5. The third kappa shape index (κ3) is 5.66. The zero-order valence-electron chi connectivity index (χ0n) is 8.73. The first kappa shape index (κ1) is 13.4. The van der Waals surface area contributed by atoms with Crippen LogP contribution in [0.3, 0.4) is 0 Å². The number of hydrogen-bond acceptors (Lipinski definition) is 4. The molecule has 0 bridgehead atoms. The summed E-state index contributed by atoms with van der Waals surface area (Å²) in [5.74, 6) is -1.72. The largest absolute Gasteiger partial charge is 0.480 e. The van der Waals surface area contributed by atoms with E-state index in [1.54, 1.807) is 13.8 Å². The minimum Gasteiger partial charge on any atom is -0.480 e. The monoisotopic (exact) mass is 217 g/mol. The second-order valence-corrected chi connectivity index (χ2v) is 3.34. The lowest BCUT2D eigenvalue weighted by atomic mass is 10.0. The zero-order valence-corrected chi connectivity index (χ0v) is 8.73. The molecule has 6 heteroatoms. The Labute approximate surface area is 87.6 Å². The number of nitrogens with one attached hydrogen (secondary N) is 1. The van der Waals surface area contributed by atoms with Crippen LogP contribution in [0.15, 0.2) is 0 Å². The Balaban J connectivity index is 4.00. The summed E-state index contributed by atoms with van der Waals surface area (Å²) in [6.07, 6.45) is -0.0325. The number of amides is 1. The molecule has 0 aromatic carbocycles. The van der Waals surface area contributed by atoms with Gasteiger partial charge in [0.05, 0.1) is 13.0 Å². The molecule has 0 aliphatic heterocycles. The first-order valence-electron chi connectivity index (χ1n) is 4.56. The minimum absolute atomic E-state index is 0.0325. The Kier molecular flexibility index (Phi) is 6.08. The van der Waals surface area contributed by atoms with E-state index in [0.29, 0.717) is 0 Å². The number of carbonyl (C=O) groups is 3. The van der Waals surface area contributed by atoms with Gasteiger partial charge in [0, 0.05) is 0 Å². The van der Waals surface area contributed by atoms with Gasteiger partial charge in [-0.05, 0) is 5.92 Å². The van der Waals surface area contributed by atoms with Crippen LogP contribution >= 0.6 is 0 Å². The van der Waals surface area contributed by atoms with Gasteiger partial charge in [-0.3, -0.25) is 9.59 Å². The van der Waals surface area contributed by atoms with Gasteiger partial charge < -0.3 is 15.2 Å². The number of carbonyl (C=O) groups excluding carboxylic acids is 2. The maximum absolute atomic E-state index is 11.2. The van der Waals surface area contributed by atoms with E-state index in [4.69, 9.17) is 5.11 Å². The van der Waals surface area contributed by atoms with Crippen LogP contribution in [0.2, 0.25) is 0 Å². The molecule has 0 spiro atoms. The van der Waals surface area contributed by atoms with Gasteiger partial charge in [-0.25, -0.2) is 4.79 Å². The van der Waals surface area contributed by atoms with E-state index in [2.05, 4.69) is 10.1 Å². The second kappa shape index (κ2) is 6.80. The van der Waals surface area contributed by atoms with Crippen molar-refractivity contribution in [3.63, 3.8) is 0 Å². The summed E-state index contributed by atoms with van der Waals surface area (Å²) in [4.78, 5) is 31.6. The molecule has 0 aromatic rings. The molecule has 0 saturated carbocycles. The number of aliphatic carboxylic acids is 1. The van der Waals surface area contributed by atoms with Gasteiger partial charge in [-0.2, -0.15) is 0 Å². The Bertz CT molecular complexity index is 239. The van der Waals surface area contributed by atoms with E-state index in [0.717, 1.165) is 0 Å². The molecule has 0 rings (SSSR count). The topological polar surface area (TPSA) is 92.7 Å². The molecule has 0 aliphatic carbocycles. The average molecular weight is 217 g/mol. The summed E-state index contributed by atoms with van der Waals surface area (Å²) in [5, 5.41) is 11.1. The van der Waals surface area contributed by atoms with Gasteiger partial charge in [0.15, 0.2) is 0 Å². The highest BCUT2D eigenvalue weighted by atomic mass is 16.5.